The van der Waals surface area contributed by atoms with E-state index in [1.807, 2.05) is 24.4 Å². The van der Waals surface area contributed by atoms with Crippen molar-refractivity contribution in [2.75, 3.05) is 16.4 Å². The fraction of sp³-hybridized carbons (Fsp3) is 0.273. The number of fused-ring (bicyclic) bond motifs is 1. The van der Waals surface area contributed by atoms with Gasteiger partial charge in [-0.1, -0.05) is 76.2 Å². The van der Waals surface area contributed by atoms with Crippen LogP contribution < -0.4 is 14.5 Å². The lowest BCUT2D eigenvalue weighted by Crippen LogP contribution is -2.21. The van der Waals surface area contributed by atoms with Gasteiger partial charge in [0.15, 0.2) is 0 Å². The summed E-state index contributed by atoms with van der Waals surface area (Å²) < 4.78 is 6.37. The minimum atomic E-state index is 0.390. The maximum absolute atomic E-state index is 6.37. The van der Waals surface area contributed by atoms with Crippen LogP contribution in [-0.2, 0) is 6.42 Å². The molecule has 0 fully saturated rings. The summed E-state index contributed by atoms with van der Waals surface area (Å²) in [7, 11) is 0. The molecule has 0 bridgehead atoms. The normalized spacial score (nSPS) is 12.9. The average Bonchev–Trinajstić information content (AvgIpc) is 3.28. The molecule has 0 saturated heterocycles. The Balaban J connectivity index is 1.54. The number of ether oxygens (including phenoxy) is 1. The first-order valence-electron chi connectivity index (χ1n) is 13.2. The summed E-state index contributed by atoms with van der Waals surface area (Å²) in [6, 6.07) is 27.5. The van der Waals surface area contributed by atoms with Crippen molar-refractivity contribution in [1.29, 1.82) is 0 Å². The van der Waals surface area contributed by atoms with Gasteiger partial charge in [0.1, 0.15) is 5.75 Å². The van der Waals surface area contributed by atoms with E-state index < -0.39 is 0 Å². The van der Waals surface area contributed by atoms with Crippen molar-refractivity contribution in [2.24, 2.45) is 0 Å². The predicted molar refractivity (Wildman–Crippen MR) is 153 cm³/mol. The predicted octanol–water partition coefficient (Wildman–Crippen LogP) is 8.54. The SMILES string of the molecule is Cc1cccc(OCCc2ccccn2)c1N1[C]N(c2c(C(C)C)cccc2C(C)C)c2ccccc21. The van der Waals surface area contributed by atoms with Crippen LogP contribution in [0.25, 0.3) is 0 Å². The number of rotatable bonds is 8. The van der Waals surface area contributed by atoms with E-state index in [1.165, 1.54) is 16.8 Å². The van der Waals surface area contributed by atoms with E-state index in [1.54, 1.807) is 0 Å². The topological polar surface area (TPSA) is 28.6 Å². The molecule has 4 nitrogen and oxygen atoms in total. The molecule has 0 aliphatic carbocycles. The zero-order chi connectivity index (χ0) is 25.9. The summed E-state index contributed by atoms with van der Waals surface area (Å²) in [5.41, 5.74) is 9.29. The van der Waals surface area contributed by atoms with E-state index in [9.17, 15) is 0 Å². The quantitative estimate of drug-likeness (QED) is 0.248. The Labute approximate surface area is 221 Å². The van der Waals surface area contributed by atoms with Gasteiger partial charge in [-0.25, -0.2) is 0 Å². The Morgan fingerprint density at radius 1 is 0.730 bits per heavy atom. The van der Waals surface area contributed by atoms with Gasteiger partial charge < -0.3 is 14.5 Å². The summed E-state index contributed by atoms with van der Waals surface area (Å²) in [5, 5.41) is 0. The average molecular weight is 490 g/mol. The van der Waals surface area contributed by atoms with Gasteiger partial charge in [0.2, 0.25) is 6.67 Å². The van der Waals surface area contributed by atoms with Gasteiger partial charge in [0.05, 0.1) is 29.4 Å². The number of aryl methyl sites for hydroxylation is 1. The van der Waals surface area contributed by atoms with E-state index in [0.29, 0.717) is 18.4 Å². The highest BCUT2D eigenvalue weighted by atomic mass is 16.5. The Hall–Kier alpha value is -3.79. The molecule has 1 aromatic heterocycles. The zero-order valence-electron chi connectivity index (χ0n) is 22.4. The molecule has 1 aliphatic heterocycles. The van der Waals surface area contributed by atoms with Crippen molar-refractivity contribution < 1.29 is 4.74 Å². The molecule has 188 valence electrons. The molecule has 5 rings (SSSR count). The van der Waals surface area contributed by atoms with Crippen LogP contribution in [0, 0.1) is 13.6 Å². The molecule has 0 atom stereocenters. The van der Waals surface area contributed by atoms with Crippen LogP contribution in [0.1, 0.15) is 61.9 Å². The number of hydrogen-bond acceptors (Lipinski definition) is 4. The smallest absolute Gasteiger partial charge is 0.218 e. The van der Waals surface area contributed by atoms with Gasteiger partial charge in [-0.3, -0.25) is 4.98 Å². The monoisotopic (exact) mass is 489 g/mol. The second-order valence-electron chi connectivity index (χ2n) is 10.2. The maximum Gasteiger partial charge on any atom is 0.218 e. The molecule has 0 spiro atoms. The summed E-state index contributed by atoms with van der Waals surface area (Å²) >= 11 is 0. The second kappa shape index (κ2) is 10.7. The molecule has 1 aliphatic rings. The van der Waals surface area contributed by atoms with E-state index in [-0.39, 0.29) is 0 Å². The van der Waals surface area contributed by atoms with Crippen LogP contribution in [0.5, 0.6) is 5.75 Å². The van der Waals surface area contributed by atoms with Gasteiger partial charge in [-0.15, -0.1) is 0 Å². The summed E-state index contributed by atoms with van der Waals surface area (Å²) in [6.07, 6.45) is 2.58. The number of para-hydroxylation sites is 4. The van der Waals surface area contributed by atoms with Crippen molar-refractivity contribution in [3.63, 3.8) is 0 Å². The number of nitrogens with zero attached hydrogens (tertiary/aromatic N) is 3. The molecule has 4 heteroatoms. The lowest BCUT2D eigenvalue weighted by Gasteiger charge is -2.28. The lowest BCUT2D eigenvalue weighted by atomic mass is 9.92. The first-order chi connectivity index (χ1) is 18.0. The number of hydrogen-bond donors (Lipinski definition) is 0. The summed E-state index contributed by atoms with van der Waals surface area (Å²) in [4.78, 5) is 8.86. The third-order valence-electron chi connectivity index (χ3n) is 6.90. The van der Waals surface area contributed by atoms with Gasteiger partial charge >= 0.3 is 0 Å². The fourth-order valence-corrected chi connectivity index (χ4v) is 5.01. The molecule has 2 heterocycles. The molecule has 2 radical (unpaired) electrons. The number of pyridine rings is 1. The molecule has 0 unspecified atom stereocenters. The highest BCUT2D eigenvalue weighted by molar-refractivity contribution is 5.92. The van der Waals surface area contributed by atoms with Gasteiger partial charge in [0, 0.05) is 18.3 Å². The number of anilines is 4. The van der Waals surface area contributed by atoms with E-state index in [0.717, 1.165) is 40.5 Å². The highest BCUT2D eigenvalue weighted by Crippen LogP contribution is 2.52. The fourth-order valence-electron chi connectivity index (χ4n) is 5.01. The Kier molecular flexibility index (Phi) is 7.18. The van der Waals surface area contributed by atoms with Gasteiger partial charge in [-0.05, 0) is 65.8 Å². The van der Waals surface area contributed by atoms with Crippen LogP contribution >= 0.6 is 0 Å². The number of benzene rings is 3. The molecule has 37 heavy (non-hydrogen) atoms. The molecule has 0 saturated carbocycles. The minimum absolute atomic E-state index is 0.390. The van der Waals surface area contributed by atoms with Crippen molar-refractivity contribution in [3.8, 4) is 5.75 Å². The Morgan fingerprint density at radius 3 is 1.97 bits per heavy atom. The molecular weight excluding hydrogens is 454 g/mol. The van der Waals surface area contributed by atoms with Crippen LogP contribution in [0.3, 0.4) is 0 Å². The van der Waals surface area contributed by atoms with Crippen molar-refractivity contribution in [3.05, 3.63) is 114 Å². The van der Waals surface area contributed by atoms with Crippen LogP contribution in [-0.4, -0.2) is 11.6 Å². The lowest BCUT2D eigenvalue weighted by molar-refractivity contribution is 0.321. The molecular formula is C33H35N3O. The maximum atomic E-state index is 6.37. The third kappa shape index (κ3) is 4.93. The van der Waals surface area contributed by atoms with Crippen molar-refractivity contribution >= 4 is 22.7 Å². The zero-order valence-corrected chi connectivity index (χ0v) is 22.4. The van der Waals surface area contributed by atoms with Crippen LogP contribution in [0.2, 0.25) is 0 Å². The second-order valence-corrected chi connectivity index (χ2v) is 10.2. The first-order valence-corrected chi connectivity index (χ1v) is 13.2. The Morgan fingerprint density at radius 2 is 1.35 bits per heavy atom. The van der Waals surface area contributed by atoms with Crippen LogP contribution in [0.15, 0.2) is 85.1 Å². The minimum Gasteiger partial charge on any atom is -0.491 e. The number of aromatic nitrogens is 1. The summed E-state index contributed by atoms with van der Waals surface area (Å²) in [6.45, 7) is 15.5. The van der Waals surface area contributed by atoms with Gasteiger partial charge in [-0.2, -0.15) is 0 Å². The van der Waals surface area contributed by atoms with E-state index >= 15 is 0 Å². The molecule has 0 amide bonds. The third-order valence-corrected chi connectivity index (χ3v) is 6.90. The van der Waals surface area contributed by atoms with Crippen molar-refractivity contribution in [2.45, 2.75) is 52.9 Å². The van der Waals surface area contributed by atoms with E-state index in [4.69, 9.17) is 4.74 Å². The largest absolute Gasteiger partial charge is 0.491 e. The first kappa shape index (κ1) is 24.9. The standard InChI is InChI=1S/C33H35N3O/c1-23(2)27-14-11-15-28(24(3)4)33(27)36-22-35(29-16-6-7-17-30(29)36)32-25(5)12-10-18-31(32)37-21-19-26-13-8-9-20-34-26/h6-18,20,23-24H,19,21H2,1-5H3. The Bertz CT molecular complexity index is 1340. The van der Waals surface area contributed by atoms with Gasteiger partial charge in [0.25, 0.3) is 0 Å². The molecule has 0 N–H and O–H groups in total. The van der Waals surface area contributed by atoms with E-state index in [2.05, 4.69) is 117 Å². The van der Waals surface area contributed by atoms with Crippen LogP contribution in [0.4, 0.5) is 22.7 Å². The molecule has 4 aromatic rings. The highest BCUT2D eigenvalue weighted by Gasteiger charge is 2.34. The molecule has 3 aromatic carbocycles. The van der Waals surface area contributed by atoms with Crippen molar-refractivity contribution in [1.82, 2.24) is 4.98 Å². The summed E-state index contributed by atoms with van der Waals surface area (Å²) in [5.74, 6) is 1.63.